The van der Waals surface area contributed by atoms with Crippen LogP contribution in [0.1, 0.15) is 16.7 Å². The molecule has 0 radical (unpaired) electrons. The highest BCUT2D eigenvalue weighted by Gasteiger charge is 2.51. The van der Waals surface area contributed by atoms with Crippen molar-refractivity contribution in [3.63, 3.8) is 0 Å². The van der Waals surface area contributed by atoms with Gasteiger partial charge in [0.2, 0.25) is 11.8 Å². The summed E-state index contributed by atoms with van der Waals surface area (Å²) in [7, 11) is 1.98. The SMILES string of the molecule is C=CCN1CC(=O)N2C(Cc3ccc(O)cc3)C(=O)N(Cc3cn(C)c4ccccc34)CC2N1C(=O)NCc1ccccc1. The summed E-state index contributed by atoms with van der Waals surface area (Å²) in [5, 5.41) is 17.2. The molecule has 1 aromatic heterocycles. The van der Waals surface area contributed by atoms with Crippen molar-refractivity contribution >= 4 is 28.7 Å². The molecule has 6 rings (SSSR count). The van der Waals surface area contributed by atoms with Crippen molar-refractivity contribution in [3.8, 4) is 5.75 Å². The standard InChI is InChI=1S/C34H36N6O4/c1-3-17-38-23-32(42)39-30(18-24-13-15-27(41)16-14-24)33(43)37(21-26-20-36(2)29-12-8-7-11-28(26)29)22-31(39)40(38)34(44)35-19-25-9-5-4-6-10-25/h3-16,20,30-31,41H,1,17-19,21-23H2,2H3,(H,35,44). The van der Waals surface area contributed by atoms with E-state index in [2.05, 4.69) is 11.9 Å². The summed E-state index contributed by atoms with van der Waals surface area (Å²) >= 11 is 0. The molecule has 0 aliphatic carbocycles. The van der Waals surface area contributed by atoms with Gasteiger partial charge in [-0.3, -0.25) is 9.59 Å². The van der Waals surface area contributed by atoms with E-state index in [1.165, 1.54) is 0 Å². The number of hydrogen-bond acceptors (Lipinski definition) is 5. The van der Waals surface area contributed by atoms with Gasteiger partial charge in [-0.05, 0) is 34.9 Å². The molecule has 226 valence electrons. The highest BCUT2D eigenvalue weighted by atomic mass is 16.3. The Labute approximate surface area is 256 Å². The first kappa shape index (κ1) is 29.0. The van der Waals surface area contributed by atoms with Gasteiger partial charge in [-0.1, -0.05) is 66.7 Å². The Morgan fingerprint density at radius 1 is 1.00 bits per heavy atom. The van der Waals surface area contributed by atoms with Gasteiger partial charge in [-0.15, -0.1) is 6.58 Å². The lowest BCUT2D eigenvalue weighted by Crippen LogP contribution is -2.76. The minimum Gasteiger partial charge on any atom is -0.508 e. The molecule has 2 unspecified atom stereocenters. The topological polar surface area (TPSA) is 101 Å². The lowest BCUT2D eigenvalue weighted by molar-refractivity contribution is -0.189. The fourth-order valence-corrected chi connectivity index (χ4v) is 6.31. The minimum absolute atomic E-state index is 0.0655. The van der Waals surface area contributed by atoms with Crippen LogP contribution in [0.4, 0.5) is 4.79 Å². The number of fused-ring (bicyclic) bond motifs is 2. The van der Waals surface area contributed by atoms with Crippen LogP contribution in [0.15, 0.2) is 97.7 Å². The number of aromatic hydroxyl groups is 1. The Morgan fingerprint density at radius 2 is 1.73 bits per heavy atom. The summed E-state index contributed by atoms with van der Waals surface area (Å²) in [5.74, 6) is -0.294. The van der Waals surface area contributed by atoms with Crippen LogP contribution in [0.25, 0.3) is 10.9 Å². The molecule has 3 aromatic carbocycles. The van der Waals surface area contributed by atoms with E-state index in [4.69, 9.17) is 0 Å². The second-order valence-electron chi connectivity index (χ2n) is 11.3. The largest absolute Gasteiger partial charge is 0.508 e. The number of carbonyl (C=O) groups is 3. The molecule has 2 aliphatic heterocycles. The van der Waals surface area contributed by atoms with Gasteiger partial charge in [0.1, 0.15) is 18.0 Å². The van der Waals surface area contributed by atoms with Crippen molar-refractivity contribution in [2.45, 2.75) is 31.7 Å². The first-order valence-corrected chi connectivity index (χ1v) is 14.7. The van der Waals surface area contributed by atoms with Gasteiger partial charge in [0.05, 0.1) is 13.1 Å². The van der Waals surface area contributed by atoms with Crippen LogP contribution >= 0.6 is 0 Å². The highest BCUT2D eigenvalue weighted by molar-refractivity contribution is 5.92. The smallest absolute Gasteiger partial charge is 0.334 e. The van der Waals surface area contributed by atoms with E-state index >= 15 is 0 Å². The monoisotopic (exact) mass is 592 g/mol. The van der Waals surface area contributed by atoms with Gasteiger partial charge in [0.15, 0.2) is 0 Å². The number of para-hydroxylation sites is 1. The van der Waals surface area contributed by atoms with Crippen LogP contribution < -0.4 is 5.32 Å². The van der Waals surface area contributed by atoms with E-state index < -0.39 is 12.2 Å². The Balaban J connectivity index is 1.37. The number of urea groups is 1. The number of aryl methyl sites for hydroxylation is 1. The molecule has 10 heteroatoms. The summed E-state index contributed by atoms with van der Waals surface area (Å²) in [5.41, 5.74) is 3.79. The quantitative estimate of drug-likeness (QED) is 0.305. The summed E-state index contributed by atoms with van der Waals surface area (Å²) < 4.78 is 2.04. The summed E-state index contributed by atoms with van der Waals surface area (Å²) in [6.45, 7) is 4.86. The molecular formula is C34H36N6O4. The van der Waals surface area contributed by atoms with Crippen LogP contribution in [0.3, 0.4) is 0 Å². The molecule has 0 saturated carbocycles. The van der Waals surface area contributed by atoms with Crippen molar-refractivity contribution in [1.29, 1.82) is 0 Å². The summed E-state index contributed by atoms with van der Waals surface area (Å²) in [6.07, 6.45) is 3.20. The molecule has 2 atom stereocenters. The number of phenolic OH excluding ortho intramolecular Hbond substituents is 1. The number of hydrogen-bond donors (Lipinski definition) is 2. The van der Waals surface area contributed by atoms with Gasteiger partial charge in [0, 0.05) is 50.2 Å². The molecule has 2 fully saturated rings. The fraction of sp³-hybridized carbons (Fsp3) is 0.265. The van der Waals surface area contributed by atoms with Gasteiger partial charge in [0.25, 0.3) is 0 Å². The maximum atomic E-state index is 14.3. The van der Waals surface area contributed by atoms with Gasteiger partial charge >= 0.3 is 6.03 Å². The average Bonchev–Trinajstić information content (AvgIpc) is 3.34. The minimum atomic E-state index is -0.837. The zero-order chi connectivity index (χ0) is 30.8. The molecule has 2 N–H and O–H groups in total. The van der Waals surface area contributed by atoms with Crippen molar-refractivity contribution in [2.24, 2.45) is 7.05 Å². The number of phenols is 1. The first-order valence-electron chi connectivity index (χ1n) is 14.7. The molecule has 44 heavy (non-hydrogen) atoms. The molecule has 0 bridgehead atoms. The molecule has 3 heterocycles. The third kappa shape index (κ3) is 5.63. The van der Waals surface area contributed by atoms with E-state index in [9.17, 15) is 19.5 Å². The first-order chi connectivity index (χ1) is 21.3. The molecule has 0 spiro atoms. The van der Waals surface area contributed by atoms with Crippen LogP contribution in [0, 0.1) is 0 Å². The average molecular weight is 593 g/mol. The van der Waals surface area contributed by atoms with E-state index in [-0.39, 0.29) is 49.7 Å². The number of amides is 4. The lowest BCUT2D eigenvalue weighted by atomic mass is 9.98. The summed E-state index contributed by atoms with van der Waals surface area (Å²) in [6, 6.07) is 23.1. The van der Waals surface area contributed by atoms with Crippen LogP contribution in [-0.2, 0) is 36.1 Å². The zero-order valence-corrected chi connectivity index (χ0v) is 24.7. The van der Waals surface area contributed by atoms with Crippen molar-refractivity contribution in [1.82, 2.24) is 29.7 Å². The highest BCUT2D eigenvalue weighted by Crippen LogP contribution is 2.31. The van der Waals surface area contributed by atoms with Gasteiger partial charge in [-0.2, -0.15) is 0 Å². The number of nitrogens with one attached hydrogen (secondary N) is 1. The van der Waals surface area contributed by atoms with Crippen LogP contribution in [0.2, 0.25) is 0 Å². The fourth-order valence-electron chi connectivity index (χ4n) is 6.31. The van der Waals surface area contributed by atoms with E-state index in [1.54, 1.807) is 50.2 Å². The summed E-state index contributed by atoms with van der Waals surface area (Å²) in [4.78, 5) is 45.3. The van der Waals surface area contributed by atoms with Gasteiger partial charge < -0.3 is 24.8 Å². The second kappa shape index (κ2) is 12.3. The third-order valence-electron chi connectivity index (χ3n) is 8.37. The molecule has 4 aromatic rings. The Morgan fingerprint density at radius 3 is 2.48 bits per heavy atom. The zero-order valence-electron chi connectivity index (χ0n) is 24.7. The predicted octanol–water partition coefficient (Wildman–Crippen LogP) is 3.62. The number of hydrazine groups is 1. The lowest BCUT2D eigenvalue weighted by Gasteiger charge is -2.55. The normalized spacial score (nSPS) is 18.9. The predicted molar refractivity (Wildman–Crippen MR) is 167 cm³/mol. The van der Waals surface area contributed by atoms with Crippen molar-refractivity contribution in [2.75, 3.05) is 19.6 Å². The van der Waals surface area contributed by atoms with Gasteiger partial charge in [-0.25, -0.2) is 14.8 Å². The molecular weight excluding hydrogens is 556 g/mol. The van der Waals surface area contributed by atoms with E-state index in [0.717, 1.165) is 27.6 Å². The van der Waals surface area contributed by atoms with Crippen LogP contribution in [0.5, 0.6) is 5.75 Å². The van der Waals surface area contributed by atoms with E-state index in [0.29, 0.717) is 13.1 Å². The molecule has 10 nitrogen and oxygen atoms in total. The van der Waals surface area contributed by atoms with Crippen molar-refractivity contribution < 1.29 is 19.5 Å². The molecule has 4 amide bonds. The second-order valence-corrected chi connectivity index (χ2v) is 11.3. The Hall–Kier alpha value is -5.09. The Kier molecular flexibility index (Phi) is 8.08. The number of carbonyl (C=O) groups excluding carboxylic acids is 3. The maximum absolute atomic E-state index is 14.3. The Bertz CT molecular complexity index is 1690. The molecule has 2 saturated heterocycles. The number of rotatable bonds is 8. The van der Waals surface area contributed by atoms with Crippen LogP contribution in [-0.4, -0.2) is 79.2 Å². The van der Waals surface area contributed by atoms with E-state index in [1.807, 2.05) is 72.4 Å². The number of piperazine rings is 1. The maximum Gasteiger partial charge on any atom is 0.334 e. The number of benzene rings is 3. The number of nitrogens with zero attached hydrogens (tertiary/aromatic N) is 5. The number of aromatic nitrogens is 1. The third-order valence-corrected chi connectivity index (χ3v) is 8.37. The van der Waals surface area contributed by atoms with Crippen molar-refractivity contribution in [3.05, 3.63) is 114 Å². The molecule has 2 aliphatic rings.